The number of nitrogens with one attached hydrogen (secondary N) is 1. The Bertz CT molecular complexity index is 680. The zero-order valence-corrected chi connectivity index (χ0v) is 10.7. The van der Waals surface area contributed by atoms with Crippen molar-refractivity contribution in [2.45, 2.75) is 6.42 Å². The van der Waals surface area contributed by atoms with Gasteiger partial charge in [0.25, 0.3) is 0 Å². The quantitative estimate of drug-likeness (QED) is 0.736. The van der Waals surface area contributed by atoms with Crippen molar-refractivity contribution in [2.75, 3.05) is 13.2 Å². The maximum Gasteiger partial charge on any atom is 0.163 e. The Balaban J connectivity index is 1.86. The number of imidazole rings is 1. The average Bonchev–Trinajstić information content (AvgIpc) is 3.01. The summed E-state index contributed by atoms with van der Waals surface area (Å²) in [5.74, 6) is 2.22. The molecule has 1 aliphatic rings. The molecule has 7 heteroatoms. The summed E-state index contributed by atoms with van der Waals surface area (Å²) < 4.78 is 15.2. The van der Waals surface area contributed by atoms with Crippen LogP contribution in [0.5, 0.6) is 11.5 Å². The van der Waals surface area contributed by atoms with Gasteiger partial charge in [0.2, 0.25) is 0 Å². The zero-order valence-electron chi connectivity index (χ0n) is 9.92. The second kappa shape index (κ2) is 4.20. The first-order valence-corrected chi connectivity index (χ1v) is 6.80. The van der Waals surface area contributed by atoms with Gasteiger partial charge in [-0.25, -0.2) is 4.98 Å². The number of hydrogen-bond acceptors (Lipinski definition) is 6. The summed E-state index contributed by atoms with van der Waals surface area (Å²) >= 11 is 1.30. The highest BCUT2D eigenvalue weighted by Crippen LogP contribution is 2.34. The van der Waals surface area contributed by atoms with Gasteiger partial charge in [-0.2, -0.15) is 0 Å². The van der Waals surface area contributed by atoms with Gasteiger partial charge in [0, 0.05) is 23.9 Å². The molecule has 4 rings (SSSR count). The number of aromatic amines is 1. The number of hydrogen-bond donors (Lipinski definition) is 1. The van der Waals surface area contributed by atoms with Crippen LogP contribution in [0.3, 0.4) is 0 Å². The molecule has 1 N–H and O–H groups in total. The first-order chi connectivity index (χ1) is 9.40. The van der Waals surface area contributed by atoms with E-state index in [4.69, 9.17) is 9.47 Å². The van der Waals surface area contributed by atoms with E-state index in [0.717, 1.165) is 34.6 Å². The highest BCUT2D eigenvalue weighted by molar-refractivity contribution is 7.03. The first-order valence-electron chi connectivity index (χ1n) is 5.97. The van der Waals surface area contributed by atoms with Crippen molar-refractivity contribution in [3.63, 3.8) is 0 Å². The maximum absolute atomic E-state index is 5.66. The number of nitrogens with zero attached hydrogens (tertiary/aromatic N) is 3. The molecule has 2 aromatic heterocycles. The van der Waals surface area contributed by atoms with Crippen LogP contribution in [0.2, 0.25) is 0 Å². The number of fused-ring (bicyclic) bond motifs is 2. The number of H-pyrrole nitrogens is 1. The molecule has 0 aliphatic carbocycles. The van der Waals surface area contributed by atoms with Crippen LogP contribution >= 0.6 is 11.5 Å². The van der Waals surface area contributed by atoms with Gasteiger partial charge in [-0.1, -0.05) is 4.49 Å². The van der Waals surface area contributed by atoms with E-state index in [1.54, 1.807) is 0 Å². The van der Waals surface area contributed by atoms with Crippen molar-refractivity contribution in [2.24, 2.45) is 0 Å². The van der Waals surface area contributed by atoms with Crippen LogP contribution in [0.25, 0.3) is 22.6 Å². The molecule has 6 nitrogen and oxygen atoms in total. The maximum atomic E-state index is 5.66. The summed E-state index contributed by atoms with van der Waals surface area (Å²) in [5.41, 5.74) is 2.50. The van der Waals surface area contributed by atoms with E-state index in [1.807, 2.05) is 17.5 Å². The normalized spacial score (nSPS) is 14.5. The smallest absolute Gasteiger partial charge is 0.163 e. The number of ether oxygens (including phenoxy) is 2. The molecule has 1 aromatic carbocycles. The van der Waals surface area contributed by atoms with E-state index in [-0.39, 0.29) is 0 Å². The van der Waals surface area contributed by atoms with E-state index in [0.29, 0.717) is 19.0 Å². The third-order valence-corrected chi connectivity index (χ3v) is 3.46. The average molecular weight is 274 g/mol. The van der Waals surface area contributed by atoms with Crippen molar-refractivity contribution in [1.82, 2.24) is 19.6 Å². The highest BCUT2D eigenvalue weighted by atomic mass is 32.1. The van der Waals surface area contributed by atoms with E-state index >= 15 is 0 Å². The van der Waals surface area contributed by atoms with Crippen LogP contribution < -0.4 is 9.47 Å². The SMILES string of the molecule is c1snnc1-c1nc2cc3c(cc2[nH]1)OCCCO3. The van der Waals surface area contributed by atoms with E-state index in [9.17, 15) is 0 Å². The molecule has 3 aromatic rings. The minimum absolute atomic E-state index is 0.672. The van der Waals surface area contributed by atoms with Gasteiger partial charge in [0.15, 0.2) is 17.3 Å². The summed E-state index contributed by atoms with van der Waals surface area (Å²) in [6, 6.07) is 3.82. The van der Waals surface area contributed by atoms with Crippen LogP contribution in [0.4, 0.5) is 0 Å². The molecule has 96 valence electrons. The summed E-state index contributed by atoms with van der Waals surface area (Å²) in [5, 5.41) is 5.86. The summed E-state index contributed by atoms with van der Waals surface area (Å²) in [7, 11) is 0. The zero-order chi connectivity index (χ0) is 12.7. The fraction of sp³-hybridized carbons (Fsp3) is 0.250. The van der Waals surface area contributed by atoms with Crippen LogP contribution in [0.15, 0.2) is 17.5 Å². The first kappa shape index (κ1) is 10.7. The van der Waals surface area contributed by atoms with Gasteiger partial charge >= 0.3 is 0 Å². The molecule has 19 heavy (non-hydrogen) atoms. The lowest BCUT2D eigenvalue weighted by Crippen LogP contribution is -1.97. The van der Waals surface area contributed by atoms with Gasteiger partial charge in [0.1, 0.15) is 5.69 Å². The molecule has 1 aliphatic heterocycles. The molecule has 0 atom stereocenters. The largest absolute Gasteiger partial charge is 0.489 e. The molecule has 0 fully saturated rings. The second-order valence-electron chi connectivity index (χ2n) is 4.24. The minimum Gasteiger partial charge on any atom is -0.489 e. The number of benzene rings is 1. The molecule has 0 radical (unpaired) electrons. The highest BCUT2D eigenvalue weighted by Gasteiger charge is 2.15. The minimum atomic E-state index is 0.672. The van der Waals surface area contributed by atoms with Crippen molar-refractivity contribution in [1.29, 1.82) is 0 Å². The van der Waals surface area contributed by atoms with Crippen molar-refractivity contribution in [3.8, 4) is 23.0 Å². The molecule has 3 heterocycles. The standard InChI is InChI=1S/C12H10N4O2S/c1-2-17-10-4-7-8(5-11(10)18-3-1)14-12(13-7)9-6-19-16-15-9/h4-6H,1-3H2,(H,13,14). The molecule has 0 amide bonds. The topological polar surface area (TPSA) is 72.9 Å². The summed E-state index contributed by atoms with van der Waals surface area (Å²) in [6.45, 7) is 1.35. The van der Waals surface area contributed by atoms with Gasteiger partial charge in [-0.3, -0.25) is 0 Å². The predicted octanol–water partition coefficient (Wildman–Crippen LogP) is 2.24. The lowest BCUT2D eigenvalue weighted by molar-refractivity contribution is 0.297. The second-order valence-corrected chi connectivity index (χ2v) is 4.85. The Hall–Kier alpha value is -2.15. The Morgan fingerprint density at radius 3 is 2.79 bits per heavy atom. The lowest BCUT2D eigenvalue weighted by Gasteiger charge is -2.05. The summed E-state index contributed by atoms with van der Waals surface area (Å²) in [6.07, 6.45) is 0.895. The predicted molar refractivity (Wildman–Crippen MR) is 70.6 cm³/mol. The summed E-state index contributed by atoms with van der Waals surface area (Å²) in [4.78, 5) is 7.73. The molecule has 0 spiro atoms. The van der Waals surface area contributed by atoms with Gasteiger partial charge in [-0.05, 0) is 11.5 Å². The van der Waals surface area contributed by atoms with Gasteiger partial charge in [-0.15, -0.1) is 5.10 Å². The van der Waals surface area contributed by atoms with Crippen LogP contribution in [-0.2, 0) is 0 Å². The fourth-order valence-corrected chi connectivity index (χ4v) is 2.50. The van der Waals surface area contributed by atoms with Gasteiger partial charge < -0.3 is 14.5 Å². The third-order valence-electron chi connectivity index (χ3n) is 2.95. The van der Waals surface area contributed by atoms with E-state index in [2.05, 4.69) is 19.6 Å². The Labute approximate surface area is 112 Å². The molecule has 0 unspecified atom stereocenters. The Kier molecular flexibility index (Phi) is 2.37. The van der Waals surface area contributed by atoms with Crippen LogP contribution in [0, 0.1) is 0 Å². The van der Waals surface area contributed by atoms with Crippen LogP contribution in [-0.4, -0.2) is 32.8 Å². The van der Waals surface area contributed by atoms with E-state index < -0.39 is 0 Å². The molecule has 0 bridgehead atoms. The molecule has 0 saturated heterocycles. The Morgan fingerprint density at radius 2 is 2.00 bits per heavy atom. The van der Waals surface area contributed by atoms with E-state index in [1.165, 1.54) is 11.5 Å². The fourth-order valence-electron chi connectivity index (χ4n) is 2.06. The van der Waals surface area contributed by atoms with Crippen molar-refractivity contribution in [3.05, 3.63) is 17.5 Å². The third kappa shape index (κ3) is 1.82. The van der Waals surface area contributed by atoms with Crippen molar-refractivity contribution < 1.29 is 9.47 Å². The van der Waals surface area contributed by atoms with Crippen LogP contribution in [0.1, 0.15) is 6.42 Å². The van der Waals surface area contributed by atoms with Crippen molar-refractivity contribution >= 4 is 22.6 Å². The monoisotopic (exact) mass is 274 g/mol. The lowest BCUT2D eigenvalue weighted by atomic mass is 10.3. The molecular formula is C12H10N4O2S. The molecule has 0 saturated carbocycles. The Morgan fingerprint density at radius 1 is 1.16 bits per heavy atom. The number of rotatable bonds is 1. The molecular weight excluding hydrogens is 264 g/mol. The van der Waals surface area contributed by atoms with Gasteiger partial charge in [0.05, 0.1) is 24.2 Å². The number of aromatic nitrogens is 4.